The average molecular weight is 219 g/mol. The van der Waals surface area contributed by atoms with Crippen molar-refractivity contribution >= 4 is 0 Å². The maximum Gasteiger partial charge on any atom is 0.128 e. The third-order valence-corrected chi connectivity index (χ3v) is 3.65. The molecule has 3 unspecified atom stereocenters. The Balaban J connectivity index is 2.40. The van der Waals surface area contributed by atoms with Crippen LogP contribution >= 0.6 is 0 Å². The quantitative estimate of drug-likeness (QED) is 0.846. The first kappa shape index (κ1) is 11.5. The van der Waals surface area contributed by atoms with Gasteiger partial charge in [-0.25, -0.2) is 0 Å². The molecule has 0 radical (unpaired) electrons. The smallest absolute Gasteiger partial charge is 0.128 e. The maximum atomic E-state index is 6.19. The van der Waals surface area contributed by atoms with Gasteiger partial charge in [-0.15, -0.1) is 0 Å². The lowest BCUT2D eigenvalue weighted by molar-refractivity contribution is 0.200. The second-order valence-electron chi connectivity index (χ2n) is 4.67. The Bertz CT molecular complexity index is 375. The number of hydrogen-bond acceptors (Lipinski definition) is 2. The zero-order valence-corrected chi connectivity index (χ0v) is 10.4. The van der Waals surface area contributed by atoms with Crippen LogP contribution in [0.1, 0.15) is 56.7 Å². The van der Waals surface area contributed by atoms with E-state index >= 15 is 0 Å². The van der Waals surface area contributed by atoms with E-state index in [1.165, 1.54) is 11.1 Å². The minimum Gasteiger partial charge on any atom is -0.488 e. The molecule has 2 N–H and O–H groups in total. The van der Waals surface area contributed by atoms with Crippen molar-refractivity contribution in [3.05, 3.63) is 29.3 Å². The van der Waals surface area contributed by atoms with Crippen LogP contribution in [-0.2, 0) is 0 Å². The molecule has 88 valence electrons. The van der Waals surface area contributed by atoms with Crippen LogP contribution in [0.25, 0.3) is 0 Å². The Hall–Kier alpha value is -1.02. The number of rotatable bonds is 3. The van der Waals surface area contributed by atoms with Gasteiger partial charge >= 0.3 is 0 Å². The van der Waals surface area contributed by atoms with E-state index in [9.17, 15) is 0 Å². The number of hydrogen-bond donors (Lipinski definition) is 1. The minimum atomic E-state index is 0.0454. The van der Waals surface area contributed by atoms with Crippen molar-refractivity contribution in [1.82, 2.24) is 0 Å². The fraction of sp³-hybridized carbons (Fsp3) is 0.571. The van der Waals surface area contributed by atoms with Crippen LogP contribution in [0.4, 0.5) is 0 Å². The molecule has 0 amide bonds. The first-order chi connectivity index (χ1) is 7.69. The zero-order valence-electron chi connectivity index (χ0n) is 10.4. The lowest BCUT2D eigenvalue weighted by atomic mass is 9.94. The molecule has 1 heterocycles. The van der Waals surface area contributed by atoms with Gasteiger partial charge in [0.15, 0.2) is 0 Å². The summed E-state index contributed by atoms with van der Waals surface area (Å²) in [5.41, 5.74) is 8.68. The standard InChI is InChI=1S/C14H21NO/c1-4-9(3)10-7-6-8-11-13(15)12(5-2)16-14(10)11/h6-9,12-13H,4-5,15H2,1-3H3. The van der Waals surface area contributed by atoms with Crippen molar-refractivity contribution in [2.75, 3.05) is 0 Å². The summed E-state index contributed by atoms with van der Waals surface area (Å²) in [6.45, 7) is 6.57. The molecule has 2 nitrogen and oxygen atoms in total. The molecular formula is C14H21NO. The molecule has 16 heavy (non-hydrogen) atoms. The van der Waals surface area contributed by atoms with Crippen molar-refractivity contribution in [3.63, 3.8) is 0 Å². The third kappa shape index (κ3) is 1.71. The van der Waals surface area contributed by atoms with E-state index in [-0.39, 0.29) is 12.1 Å². The summed E-state index contributed by atoms with van der Waals surface area (Å²) >= 11 is 0. The highest BCUT2D eigenvalue weighted by Crippen LogP contribution is 2.42. The van der Waals surface area contributed by atoms with Gasteiger partial charge in [0.2, 0.25) is 0 Å². The van der Waals surface area contributed by atoms with E-state index < -0.39 is 0 Å². The van der Waals surface area contributed by atoms with Crippen LogP contribution in [0.2, 0.25) is 0 Å². The summed E-state index contributed by atoms with van der Waals surface area (Å²) in [5.74, 6) is 1.59. The summed E-state index contributed by atoms with van der Waals surface area (Å²) in [6.07, 6.45) is 2.25. The molecule has 1 aromatic carbocycles. The van der Waals surface area contributed by atoms with Gasteiger partial charge in [0, 0.05) is 5.56 Å². The largest absolute Gasteiger partial charge is 0.488 e. The topological polar surface area (TPSA) is 35.2 Å². The van der Waals surface area contributed by atoms with Crippen LogP contribution in [0.5, 0.6) is 5.75 Å². The summed E-state index contributed by atoms with van der Waals surface area (Å²) in [6, 6.07) is 6.41. The maximum absolute atomic E-state index is 6.19. The Labute approximate surface area is 97.8 Å². The molecule has 3 atom stereocenters. The molecule has 0 spiro atoms. The first-order valence-electron chi connectivity index (χ1n) is 6.24. The van der Waals surface area contributed by atoms with Crippen molar-refractivity contribution in [2.45, 2.75) is 51.7 Å². The van der Waals surface area contributed by atoms with Crippen molar-refractivity contribution in [1.29, 1.82) is 0 Å². The predicted molar refractivity (Wildman–Crippen MR) is 66.8 cm³/mol. The first-order valence-corrected chi connectivity index (χ1v) is 6.24. The summed E-state index contributed by atoms with van der Waals surface area (Å²) in [7, 11) is 0. The van der Waals surface area contributed by atoms with Crippen LogP contribution in [0.3, 0.4) is 0 Å². The van der Waals surface area contributed by atoms with E-state index in [1.807, 2.05) is 0 Å². The number of fused-ring (bicyclic) bond motifs is 1. The summed E-state index contributed by atoms with van der Waals surface area (Å²) < 4.78 is 6.00. The number of benzene rings is 1. The fourth-order valence-electron chi connectivity index (χ4n) is 2.34. The zero-order chi connectivity index (χ0) is 11.7. The van der Waals surface area contributed by atoms with Gasteiger partial charge in [-0.05, 0) is 24.3 Å². The van der Waals surface area contributed by atoms with Gasteiger partial charge in [-0.1, -0.05) is 39.0 Å². The monoisotopic (exact) mass is 219 g/mol. The van der Waals surface area contributed by atoms with E-state index in [0.717, 1.165) is 18.6 Å². The Morgan fingerprint density at radius 1 is 1.38 bits per heavy atom. The second-order valence-corrected chi connectivity index (χ2v) is 4.67. The molecular weight excluding hydrogens is 198 g/mol. The fourth-order valence-corrected chi connectivity index (χ4v) is 2.34. The molecule has 0 bridgehead atoms. The Kier molecular flexibility index (Phi) is 3.20. The van der Waals surface area contributed by atoms with E-state index in [2.05, 4.69) is 39.0 Å². The van der Waals surface area contributed by atoms with E-state index in [4.69, 9.17) is 10.5 Å². The summed E-state index contributed by atoms with van der Waals surface area (Å²) in [5, 5.41) is 0. The van der Waals surface area contributed by atoms with E-state index in [0.29, 0.717) is 5.92 Å². The van der Waals surface area contributed by atoms with Crippen LogP contribution in [0, 0.1) is 0 Å². The van der Waals surface area contributed by atoms with Crippen molar-refractivity contribution in [3.8, 4) is 5.75 Å². The number of ether oxygens (including phenoxy) is 1. The Morgan fingerprint density at radius 3 is 2.75 bits per heavy atom. The number of para-hydroxylation sites is 1. The van der Waals surface area contributed by atoms with Gasteiger partial charge in [0.1, 0.15) is 11.9 Å². The molecule has 1 aromatic rings. The highest BCUT2D eigenvalue weighted by molar-refractivity contribution is 5.48. The van der Waals surface area contributed by atoms with Gasteiger partial charge < -0.3 is 10.5 Å². The van der Waals surface area contributed by atoms with E-state index in [1.54, 1.807) is 0 Å². The summed E-state index contributed by atoms with van der Waals surface area (Å²) in [4.78, 5) is 0. The van der Waals surface area contributed by atoms with Crippen molar-refractivity contribution < 1.29 is 4.74 Å². The molecule has 2 heteroatoms. The molecule has 0 aromatic heterocycles. The lowest BCUT2D eigenvalue weighted by Gasteiger charge is -2.14. The lowest BCUT2D eigenvalue weighted by Crippen LogP contribution is -2.24. The van der Waals surface area contributed by atoms with Gasteiger partial charge in [0.05, 0.1) is 6.04 Å². The molecule has 1 aliphatic rings. The molecule has 1 aliphatic heterocycles. The van der Waals surface area contributed by atoms with Gasteiger partial charge in [-0.3, -0.25) is 0 Å². The average Bonchev–Trinajstić information content (AvgIpc) is 2.65. The molecule has 2 rings (SSSR count). The molecule has 0 saturated carbocycles. The highest BCUT2D eigenvalue weighted by atomic mass is 16.5. The van der Waals surface area contributed by atoms with Crippen LogP contribution in [0.15, 0.2) is 18.2 Å². The molecule has 0 saturated heterocycles. The highest BCUT2D eigenvalue weighted by Gasteiger charge is 2.32. The van der Waals surface area contributed by atoms with Gasteiger partial charge in [0.25, 0.3) is 0 Å². The van der Waals surface area contributed by atoms with Crippen molar-refractivity contribution in [2.24, 2.45) is 5.73 Å². The van der Waals surface area contributed by atoms with Crippen LogP contribution in [-0.4, -0.2) is 6.10 Å². The predicted octanol–water partition coefficient (Wildman–Crippen LogP) is 3.37. The molecule has 0 aliphatic carbocycles. The second kappa shape index (κ2) is 4.46. The van der Waals surface area contributed by atoms with Crippen LogP contribution < -0.4 is 10.5 Å². The minimum absolute atomic E-state index is 0.0454. The SMILES string of the molecule is CCC(C)c1cccc2c1OC(CC)C2N. The number of nitrogens with two attached hydrogens (primary N) is 1. The normalized spacial score (nSPS) is 25.0. The molecule has 0 fully saturated rings. The Morgan fingerprint density at radius 2 is 2.12 bits per heavy atom. The third-order valence-electron chi connectivity index (χ3n) is 3.65. The van der Waals surface area contributed by atoms with Gasteiger partial charge in [-0.2, -0.15) is 0 Å².